The number of halogens is 3. The second kappa shape index (κ2) is 8.56. The Morgan fingerprint density at radius 2 is 1.69 bits per heavy atom. The first-order chi connectivity index (χ1) is 12.4. The fraction of sp³-hybridized carbons (Fsp3) is 0.476. The Hall–Kier alpha value is -2.04. The molecule has 0 saturated heterocycles. The molecular weight excluding hydrogens is 341 g/mol. The van der Waals surface area contributed by atoms with Gasteiger partial charge in [0.25, 0.3) is 0 Å². The highest BCUT2D eigenvalue weighted by molar-refractivity contribution is 6.00. The topological polar surface area (TPSA) is 26.3 Å². The number of fused-ring (bicyclic) bond motifs is 1. The summed E-state index contributed by atoms with van der Waals surface area (Å²) in [6.07, 6.45) is -2.48. The van der Waals surface area contributed by atoms with Crippen LogP contribution in [0.4, 0.5) is 13.2 Å². The summed E-state index contributed by atoms with van der Waals surface area (Å²) in [5, 5.41) is 1.79. The smallest absolute Gasteiger partial charge is 0.391 e. The van der Waals surface area contributed by atoms with Gasteiger partial charge in [-0.3, -0.25) is 4.79 Å². The molecule has 0 heterocycles. The number of alkyl halides is 3. The van der Waals surface area contributed by atoms with Gasteiger partial charge in [0.15, 0.2) is 6.29 Å². The quantitative estimate of drug-likeness (QED) is 0.581. The molecule has 0 radical (unpaired) electrons. The lowest BCUT2D eigenvalue weighted by atomic mass is 9.87. The van der Waals surface area contributed by atoms with E-state index in [0.29, 0.717) is 24.2 Å². The molecule has 0 amide bonds. The van der Waals surface area contributed by atoms with E-state index in [0.717, 1.165) is 22.6 Å². The normalized spacial score (nSPS) is 20.2. The number of hydrogen-bond donors (Lipinski definition) is 0. The number of rotatable bonds is 3. The molecule has 0 aromatic heterocycles. The first-order valence-electron chi connectivity index (χ1n) is 9.11. The number of benzene rings is 2. The minimum Gasteiger partial charge on any atom is -0.490 e. The van der Waals surface area contributed by atoms with E-state index < -0.39 is 12.1 Å². The van der Waals surface area contributed by atoms with Crippen molar-refractivity contribution in [1.82, 2.24) is 0 Å². The lowest BCUT2D eigenvalue weighted by molar-refractivity contribution is -0.185. The Kier molecular flexibility index (Phi) is 6.68. The molecule has 1 aliphatic carbocycles. The predicted molar refractivity (Wildman–Crippen MR) is 97.8 cm³/mol. The van der Waals surface area contributed by atoms with Gasteiger partial charge in [-0.2, -0.15) is 13.2 Å². The van der Waals surface area contributed by atoms with Gasteiger partial charge >= 0.3 is 6.18 Å². The largest absolute Gasteiger partial charge is 0.490 e. The molecule has 2 aromatic rings. The molecular formula is C21H25F3O2. The van der Waals surface area contributed by atoms with Crippen LogP contribution in [0.1, 0.15) is 55.5 Å². The molecule has 2 aromatic carbocycles. The van der Waals surface area contributed by atoms with E-state index in [2.05, 4.69) is 0 Å². The number of carbonyl (C=O) groups excluding carboxylic acids is 1. The number of ether oxygens (including phenoxy) is 1. The van der Waals surface area contributed by atoms with E-state index in [1.54, 1.807) is 6.07 Å². The molecule has 0 spiro atoms. The summed E-state index contributed by atoms with van der Waals surface area (Å²) in [7, 11) is 0. The highest BCUT2D eigenvalue weighted by Gasteiger charge is 2.41. The molecule has 0 bridgehead atoms. The Labute approximate surface area is 152 Å². The monoisotopic (exact) mass is 366 g/mol. The molecule has 0 N–H and O–H groups in total. The maximum atomic E-state index is 12.7. The second-order valence-electron chi connectivity index (χ2n) is 6.38. The van der Waals surface area contributed by atoms with Crippen LogP contribution in [0, 0.1) is 12.8 Å². The van der Waals surface area contributed by atoms with Crippen LogP contribution in [0.25, 0.3) is 10.8 Å². The molecule has 0 atom stereocenters. The molecule has 3 rings (SSSR count). The van der Waals surface area contributed by atoms with Crippen LogP contribution in [-0.4, -0.2) is 18.6 Å². The van der Waals surface area contributed by atoms with Crippen molar-refractivity contribution in [2.45, 2.75) is 58.7 Å². The highest BCUT2D eigenvalue weighted by atomic mass is 19.4. The van der Waals surface area contributed by atoms with Gasteiger partial charge in [0.2, 0.25) is 0 Å². The van der Waals surface area contributed by atoms with E-state index in [4.69, 9.17) is 4.74 Å². The number of aryl methyl sites for hydroxylation is 1. The van der Waals surface area contributed by atoms with Gasteiger partial charge in [0.1, 0.15) is 5.75 Å². The van der Waals surface area contributed by atoms with Gasteiger partial charge in [-0.25, -0.2) is 0 Å². The SMILES string of the molecule is CC.Cc1c(OC2CCC(C(F)(F)F)CC2)ccc2cccc(C=O)c12. The van der Waals surface area contributed by atoms with Crippen LogP contribution in [-0.2, 0) is 0 Å². The molecule has 1 aliphatic rings. The molecule has 0 unspecified atom stereocenters. The van der Waals surface area contributed by atoms with Gasteiger partial charge < -0.3 is 4.74 Å². The summed E-state index contributed by atoms with van der Waals surface area (Å²) in [6.45, 7) is 5.88. The Bertz CT molecular complexity index is 745. The molecule has 26 heavy (non-hydrogen) atoms. The van der Waals surface area contributed by atoms with Crippen molar-refractivity contribution in [1.29, 1.82) is 0 Å². The van der Waals surface area contributed by atoms with Crippen LogP contribution in [0.5, 0.6) is 5.75 Å². The van der Waals surface area contributed by atoms with Gasteiger partial charge in [0, 0.05) is 5.56 Å². The van der Waals surface area contributed by atoms with Gasteiger partial charge in [-0.1, -0.05) is 38.1 Å². The highest BCUT2D eigenvalue weighted by Crippen LogP contribution is 2.39. The molecule has 1 saturated carbocycles. The van der Waals surface area contributed by atoms with E-state index in [9.17, 15) is 18.0 Å². The summed E-state index contributed by atoms with van der Waals surface area (Å²) < 4.78 is 44.2. The summed E-state index contributed by atoms with van der Waals surface area (Å²) in [4.78, 5) is 11.3. The molecule has 2 nitrogen and oxygen atoms in total. The maximum absolute atomic E-state index is 12.7. The number of carbonyl (C=O) groups is 1. The van der Waals surface area contributed by atoms with E-state index >= 15 is 0 Å². The lowest BCUT2D eigenvalue weighted by Crippen LogP contribution is -2.32. The van der Waals surface area contributed by atoms with Crippen LogP contribution >= 0.6 is 0 Å². The standard InChI is InChI=1S/C19H19F3O2.C2H6/c1-12-17(10-5-13-3-2-4-14(11-23)18(12)13)24-16-8-6-15(7-9-16)19(20,21)22;1-2/h2-5,10-11,15-16H,6-9H2,1H3;1-2H3. The zero-order chi connectivity index (χ0) is 19.3. The van der Waals surface area contributed by atoms with Crippen molar-refractivity contribution >= 4 is 17.1 Å². The van der Waals surface area contributed by atoms with Gasteiger partial charge in [0.05, 0.1) is 12.0 Å². The summed E-state index contributed by atoms with van der Waals surface area (Å²) in [5.74, 6) is -0.566. The van der Waals surface area contributed by atoms with E-state index in [1.165, 1.54) is 0 Å². The Morgan fingerprint density at radius 3 is 2.27 bits per heavy atom. The van der Waals surface area contributed by atoms with E-state index in [-0.39, 0.29) is 18.9 Å². The summed E-state index contributed by atoms with van der Waals surface area (Å²) in [5.41, 5.74) is 1.45. The Balaban J connectivity index is 0.00000117. The first kappa shape index (κ1) is 20.3. The van der Waals surface area contributed by atoms with Crippen LogP contribution < -0.4 is 4.74 Å². The van der Waals surface area contributed by atoms with Crippen LogP contribution in [0.3, 0.4) is 0 Å². The van der Waals surface area contributed by atoms with Crippen molar-refractivity contribution in [3.8, 4) is 5.75 Å². The number of hydrogen-bond acceptors (Lipinski definition) is 2. The molecule has 0 aliphatic heterocycles. The van der Waals surface area contributed by atoms with Crippen molar-refractivity contribution in [3.05, 3.63) is 41.5 Å². The third-order valence-corrected chi connectivity index (χ3v) is 4.85. The number of aldehydes is 1. The third kappa shape index (κ3) is 4.37. The Morgan fingerprint density at radius 1 is 1.04 bits per heavy atom. The zero-order valence-electron chi connectivity index (χ0n) is 15.4. The van der Waals surface area contributed by atoms with Crippen LogP contribution in [0.2, 0.25) is 0 Å². The van der Waals surface area contributed by atoms with Crippen molar-refractivity contribution in [2.75, 3.05) is 0 Å². The molecule has 5 heteroatoms. The third-order valence-electron chi connectivity index (χ3n) is 4.85. The van der Waals surface area contributed by atoms with Crippen LogP contribution in [0.15, 0.2) is 30.3 Å². The predicted octanol–water partition coefficient (Wildman–Crippen LogP) is 6.49. The van der Waals surface area contributed by atoms with Gasteiger partial charge in [-0.05, 0) is 55.0 Å². The maximum Gasteiger partial charge on any atom is 0.391 e. The van der Waals surface area contributed by atoms with Crippen molar-refractivity contribution in [3.63, 3.8) is 0 Å². The van der Waals surface area contributed by atoms with Crippen molar-refractivity contribution < 1.29 is 22.7 Å². The fourth-order valence-electron chi connectivity index (χ4n) is 3.49. The van der Waals surface area contributed by atoms with Gasteiger partial charge in [-0.15, -0.1) is 0 Å². The minimum absolute atomic E-state index is 0.111. The average Bonchev–Trinajstić information content (AvgIpc) is 2.65. The zero-order valence-corrected chi connectivity index (χ0v) is 15.4. The molecule has 142 valence electrons. The second-order valence-corrected chi connectivity index (χ2v) is 6.38. The van der Waals surface area contributed by atoms with Crippen molar-refractivity contribution in [2.24, 2.45) is 5.92 Å². The lowest BCUT2D eigenvalue weighted by Gasteiger charge is -2.30. The summed E-state index contributed by atoms with van der Waals surface area (Å²) >= 11 is 0. The minimum atomic E-state index is -4.11. The first-order valence-corrected chi connectivity index (χ1v) is 9.11. The summed E-state index contributed by atoms with van der Waals surface area (Å²) in [6, 6.07) is 9.22. The molecule has 1 fully saturated rings. The average molecular weight is 366 g/mol. The fourth-order valence-corrected chi connectivity index (χ4v) is 3.49. The van der Waals surface area contributed by atoms with E-state index in [1.807, 2.05) is 45.0 Å².